The Balaban J connectivity index is 3.42. The Morgan fingerprint density at radius 2 is 0.554 bits per heavy atom. The summed E-state index contributed by atoms with van der Waals surface area (Å²) >= 11 is 0. The third kappa shape index (κ3) is 61.5. The van der Waals surface area contributed by atoms with E-state index in [1.807, 2.05) is 6.08 Å². The number of rotatable bonds is 64. The summed E-state index contributed by atoms with van der Waals surface area (Å²) in [6.45, 7) is 4.34. The van der Waals surface area contributed by atoms with Crippen LogP contribution in [0.15, 0.2) is 36.5 Å². The molecule has 0 aliphatic heterocycles. The van der Waals surface area contributed by atoms with Crippen molar-refractivity contribution < 1.29 is 15.0 Å². The largest absolute Gasteiger partial charge is 0.394 e. The number of amides is 1. The number of aliphatic hydroxyl groups excluding tert-OH is 2. The van der Waals surface area contributed by atoms with Crippen LogP contribution in [0.3, 0.4) is 0 Å². The van der Waals surface area contributed by atoms with E-state index in [9.17, 15) is 15.0 Å². The molecule has 4 heteroatoms. The molecule has 0 aliphatic rings. The van der Waals surface area contributed by atoms with E-state index in [0.717, 1.165) is 32.1 Å². The molecular weight excluding hydrogens is 903 g/mol. The molecule has 0 radical (unpaired) electrons. The first-order valence-electron chi connectivity index (χ1n) is 34.2. The van der Waals surface area contributed by atoms with Crippen LogP contribution in [0, 0.1) is 0 Å². The molecule has 3 N–H and O–H groups in total. The number of allylic oxidation sites excluding steroid dienone is 5. The van der Waals surface area contributed by atoms with E-state index < -0.39 is 12.1 Å². The molecule has 1 amide bonds. The molecule has 0 spiro atoms. The second-order valence-electron chi connectivity index (χ2n) is 23.6. The van der Waals surface area contributed by atoms with Crippen LogP contribution in [0.2, 0.25) is 0 Å². The van der Waals surface area contributed by atoms with Crippen LogP contribution in [-0.4, -0.2) is 34.9 Å². The number of aliphatic hydroxyl groups is 2. The molecule has 0 rings (SSSR count). The fraction of sp³-hybridized carbons (Fsp3) is 0.900. The van der Waals surface area contributed by atoms with Crippen LogP contribution < -0.4 is 5.32 Å². The second-order valence-corrected chi connectivity index (χ2v) is 23.6. The van der Waals surface area contributed by atoms with E-state index in [1.54, 1.807) is 6.08 Å². The Morgan fingerprint density at radius 1 is 0.324 bits per heavy atom. The zero-order valence-corrected chi connectivity index (χ0v) is 50.6. The highest BCUT2D eigenvalue weighted by Gasteiger charge is 2.18. The lowest BCUT2D eigenvalue weighted by Crippen LogP contribution is -2.45. The van der Waals surface area contributed by atoms with Crippen molar-refractivity contribution >= 4 is 5.91 Å². The quantitative estimate of drug-likeness (QED) is 0.0420. The summed E-state index contributed by atoms with van der Waals surface area (Å²) in [7, 11) is 0. The highest BCUT2D eigenvalue weighted by Crippen LogP contribution is 2.19. The molecular formula is C70H135NO3. The molecule has 74 heavy (non-hydrogen) atoms. The van der Waals surface area contributed by atoms with Crippen LogP contribution >= 0.6 is 0 Å². The minimum Gasteiger partial charge on any atom is -0.394 e. The van der Waals surface area contributed by atoms with Gasteiger partial charge >= 0.3 is 0 Å². The lowest BCUT2D eigenvalue weighted by atomic mass is 10.0. The van der Waals surface area contributed by atoms with Gasteiger partial charge in [0, 0.05) is 6.42 Å². The molecule has 438 valence electrons. The maximum atomic E-state index is 12.5. The van der Waals surface area contributed by atoms with Gasteiger partial charge in [0.2, 0.25) is 5.91 Å². The Labute approximate surface area is 465 Å². The molecule has 0 fully saturated rings. The Kier molecular flexibility index (Phi) is 64.7. The smallest absolute Gasteiger partial charge is 0.220 e. The molecule has 4 nitrogen and oxygen atoms in total. The summed E-state index contributed by atoms with van der Waals surface area (Å²) in [4.78, 5) is 12.5. The van der Waals surface area contributed by atoms with Crippen molar-refractivity contribution in [2.75, 3.05) is 6.61 Å². The average Bonchev–Trinajstić information content (AvgIpc) is 3.40. The average molecular weight is 1040 g/mol. The molecule has 0 aromatic rings. The number of hydrogen-bond acceptors (Lipinski definition) is 3. The van der Waals surface area contributed by atoms with Gasteiger partial charge in [-0.2, -0.15) is 0 Å². The summed E-state index contributed by atoms with van der Waals surface area (Å²) in [6.07, 6.45) is 90.8. The van der Waals surface area contributed by atoms with Crippen molar-refractivity contribution in [1.29, 1.82) is 0 Å². The molecule has 0 saturated heterocycles. The summed E-state index contributed by atoms with van der Waals surface area (Å²) < 4.78 is 0. The highest BCUT2D eigenvalue weighted by atomic mass is 16.3. The first-order chi connectivity index (χ1) is 36.7. The highest BCUT2D eigenvalue weighted by molar-refractivity contribution is 5.76. The molecule has 2 atom stereocenters. The predicted octanol–water partition coefficient (Wildman–Crippen LogP) is 23.2. The number of carbonyl (C=O) groups excluding carboxylic acids is 1. The first kappa shape index (κ1) is 72.6. The Hall–Kier alpha value is -1.39. The number of hydrogen-bond donors (Lipinski definition) is 3. The van der Waals surface area contributed by atoms with Gasteiger partial charge in [-0.3, -0.25) is 4.79 Å². The summed E-state index contributed by atoms with van der Waals surface area (Å²) in [5, 5.41) is 23.3. The van der Waals surface area contributed by atoms with E-state index in [4.69, 9.17) is 0 Å². The minimum absolute atomic E-state index is 0.0557. The lowest BCUT2D eigenvalue weighted by molar-refractivity contribution is -0.123. The maximum Gasteiger partial charge on any atom is 0.220 e. The molecule has 0 bridgehead atoms. The molecule has 0 aromatic carbocycles. The summed E-state index contributed by atoms with van der Waals surface area (Å²) in [5.41, 5.74) is 0. The number of carbonyl (C=O) groups is 1. The zero-order valence-electron chi connectivity index (χ0n) is 50.6. The van der Waals surface area contributed by atoms with Gasteiger partial charge in [0.1, 0.15) is 0 Å². The Bertz CT molecular complexity index is 1130. The summed E-state index contributed by atoms with van der Waals surface area (Å²) in [5.74, 6) is -0.0557. The maximum absolute atomic E-state index is 12.5. The van der Waals surface area contributed by atoms with Gasteiger partial charge in [-0.1, -0.05) is 365 Å². The second kappa shape index (κ2) is 65.9. The summed E-state index contributed by atoms with van der Waals surface area (Å²) in [6, 6.07) is -0.622. The molecule has 0 aliphatic carbocycles. The fourth-order valence-electron chi connectivity index (χ4n) is 10.9. The van der Waals surface area contributed by atoms with Crippen LogP contribution in [0.5, 0.6) is 0 Å². The lowest BCUT2D eigenvalue weighted by Gasteiger charge is -2.20. The van der Waals surface area contributed by atoms with Crippen molar-refractivity contribution in [2.45, 2.75) is 398 Å². The van der Waals surface area contributed by atoms with Gasteiger partial charge in [0.25, 0.3) is 0 Å². The topological polar surface area (TPSA) is 69.6 Å². The van der Waals surface area contributed by atoms with Crippen molar-refractivity contribution in [3.8, 4) is 0 Å². The van der Waals surface area contributed by atoms with Crippen LogP contribution in [0.25, 0.3) is 0 Å². The normalized spacial score (nSPS) is 12.9. The van der Waals surface area contributed by atoms with E-state index in [0.29, 0.717) is 6.42 Å². The SMILES string of the molecule is CCCCCCC/C=C\C/C=C\CCCCCCCCCCCCCCCCCCCCCCCC(=O)NC(CO)C(O)/C=C/CCCCCCCCCCCCCCCCCCCCCCCCCCCCC. The van der Waals surface area contributed by atoms with Crippen LogP contribution in [0.1, 0.15) is 386 Å². The van der Waals surface area contributed by atoms with Crippen molar-refractivity contribution in [3.05, 3.63) is 36.5 Å². The van der Waals surface area contributed by atoms with Crippen LogP contribution in [-0.2, 0) is 4.79 Å². The van der Waals surface area contributed by atoms with Gasteiger partial charge in [-0.05, 0) is 51.4 Å². The first-order valence-corrected chi connectivity index (χ1v) is 34.2. The molecule has 0 aromatic heterocycles. The van der Waals surface area contributed by atoms with E-state index in [2.05, 4.69) is 43.5 Å². The van der Waals surface area contributed by atoms with E-state index in [-0.39, 0.29) is 12.5 Å². The van der Waals surface area contributed by atoms with Crippen molar-refractivity contribution in [1.82, 2.24) is 5.32 Å². The molecule has 0 heterocycles. The number of nitrogens with one attached hydrogen (secondary N) is 1. The van der Waals surface area contributed by atoms with Gasteiger partial charge in [0.05, 0.1) is 18.8 Å². The molecule has 2 unspecified atom stereocenters. The van der Waals surface area contributed by atoms with Crippen molar-refractivity contribution in [3.63, 3.8) is 0 Å². The monoisotopic (exact) mass is 1040 g/mol. The third-order valence-corrected chi connectivity index (χ3v) is 16.1. The number of unbranched alkanes of at least 4 members (excludes halogenated alkanes) is 53. The molecule has 0 saturated carbocycles. The van der Waals surface area contributed by atoms with Crippen LogP contribution in [0.4, 0.5) is 0 Å². The standard InChI is InChI=1S/C70H135NO3/c1-3-5-7-9-11-13-15-17-19-21-23-25-27-29-31-33-34-35-36-38-40-42-44-46-48-50-52-54-56-58-60-62-64-66-70(74)71-68(67-72)69(73)65-63-61-59-57-55-53-51-49-47-45-43-41-39-37-32-30-28-26-24-22-20-18-16-14-12-10-8-6-4-2/h15,17,21,23,63,65,68-69,72-73H,3-14,16,18-20,22,24-62,64,66-67H2,1-2H3,(H,71,74)/b17-15-,23-21-,65-63+. The van der Waals surface area contributed by atoms with E-state index >= 15 is 0 Å². The van der Waals surface area contributed by atoms with Gasteiger partial charge in [0.15, 0.2) is 0 Å². The van der Waals surface area contributed by atoms with Gasteiger partial charge in [-0.15, -0.1) is 0 Å². The van der Waals surface area contributed by atoms with Gasteiger partial charge in [-0.25, -0.2) is 0 Å². The zero-order chi connectivity index (χ0) is 53.4. The Morgan fingerprint density at radius 3 is 0.811 bits per heavy atom. The minimum atomic E-state index is -0.839. The van der Waals surface area contributed by atoms with Gasteiger partial charge < -0.3 is 15.5 Å². The fourth-order valence-corrected chi connectivity index (χ4v) is 10.9. The van der Waals surface area contributed by atoms with E-state index in [1.165, 1.54) is 334 Å². The predicted molar refractivity (Wildman–Crippen MR) is 332 cm³/mol. The third-order valence-electron chi connectivity index (χ3n) is 16.1. The van der Waals surface area contributed by atoms with Crippen molar-refractivity contribution in [2.24, 2.45) is 0 Å².